The lowest BCUT2D eigenvalue weighted by atomic mass is 10.3. The summed E-state index contributed by atoms with van der Waals surface area (Å²) in [5, 5.41) is 26.1. The molecule has 0 spiro atoms. The van der Waals surface area contributed by atoms with Gasteiger partial charge < -0.3 is 15.7 Å². The first-order valence-electron chi connectivity index (χ1n) is 8.04. The van der Waals surface area contributed by atoms with Crippen molar-refractivity contribution in [2.24, 2.45) is 0 Å². The van der Waals surface area contributed by atoms with Gasteiger partial charge in [0.2, 0.25) is 17.0 Å². The SMILES string of the molecule is O=C(CSc1nnnn1-c1ccc(O)cc1)NCC(=O)Nc1ccc(F)cc1. The van der Waals surface area contributed by atoms with Crippen LogP contribution < -0.4 is 10.6 Å². The fraction of sp³-hybridized carbons (Fsp3) is 0.118. The lowest BCUT2D eigenvalue weighted by Gasteiger charge is -2.07. The third-order valence-corrected chi connectivity index (χ3v) is 4.36. The molecule has 3 aromatic rings. The van der Waals surface area contributed by atoms with Crippen LogP contribution in [0.2, 0.25) is 0 Å². The summed E-state index contributed by atoms with van der Waals surface area (Å²) in [6, 6.07) is 11.6. The van der Waals surface area contributed by atoms with E-state index in [-0.39, 0.29) is 24.0 Å². The van der Waals surface area contributed by atoms with Crippen LogP contribution in [0.4, 0.5) is 10.1 Å². The van der Waals surface area contributed by atoms with E-state index in [9.17, 15) is 19.1 Å². The third-order valence-electron chi connectivity index (χ3n) is 3.44. The monoisotopic (exact) mass is 402 g/mol. The van der Waals surface area contributed by atoms with E-state index in [0.29, 0.717) is 16.5 Å². The maximum absolute atomic E-state index is 12.8. The number of amides is 2. The minimum Gasteiger partial charge on any atom is -0.508 e. The molecule has 1 aromatic heterocycles. The van der Waals surface area contributed by atoms with Crippen molar-refractivity contribution in [2.75, 3.05) is 17.6 Å². The minimum atomic E-state index is -0.432. The van der Waals surface area contributed by atoms with E-state index in [1.807, 2.05) is 0 Å². The zero-order valence-electron chi connectivity index (χ0n) is 14.4. The number of phenolic OH excluding ortho intramolecular Hbond substituents is 1. The average molecular weight is 402 g/mol. The van der Waals surface area contributed by atoms with Crippen LogP contribution in [0.15, 0.2) is 53.7 Å². The number of thioether (sulfide) groups is 1. The number of carbonyl (C=O) groups is 2. The normalized spacial score (nSPS) is 10.5. The zero-order valence-corrected chi connectivity index (χ0v) is 15.2. The van der Waals surface area contributed by atoms with Crippen molar-refractivity contribution in [1.82, 2.24) is 25.5 Å². The van der Waals surface area contributed by atoms with Crippen LogP contribution in [-0.2, 0) is 9.59 Å². The Morgan fingerprint density at radius 3 is 2.50 bits per heavy atom. The Morgan fingerprint density at radius 2 is 1.79 bits per heavy atom. The van der Waals surface area contributed by atoms with Crippen molar-refractivity contribution in [3.05, 3.63) is 54.3 Å². The maximum atomic E-state index is 12.8. The Labute approximate surface area is 162 Å². The molecule has 0 aliphatic carbocycles. The first-order chi connectivity index (χ1) is 13.5. The number of hydrogen-bond acceptors (Lipinski definition) is 7. The summed E-state index contributed by atoms with van der Waals surface area (Å²) in [5.41, 5.74) is 1.06. The van der Waals surface area contributed by atoms with E-state index in [1.165, 1.54) is 41.1 Å². The lowest BCUT2D eigenvalue weighted by molar-refractivity contribution is -0.122. The van der Waals surface area contributed by atoms with Gasteiger partial charge in [0.1, 0.15) is 11.6 Å². The van der Waals surface area contributed by atoms with Crippen LogP contribution >= 0.6 is 11.8 Å². The highest BCUT2D eigenvalue weighted by atomic mass is 32.2. The number of carbonyl (C=O) groups excluding carboxylic acids is 2. The van der Waals surface area contributed by atoms with Gasteiger partial charge in [-0.05, 0) is 59.0 Å². The number of nitrogens with one attached hydrogen (secondary N) is 2. The van der Waals surface area contributed by atoms with E-state index >= 15 is 0 Å². The summed E-state index contributed by atoms with van der Waals surface area (Å²) in [6.45, 7) is -0.223. The highest BCUT2D eigenvalue weighted by Crippen LogP contribution is 2.19. The fourth-order valence-corrected chi connectivity index (χ4v) is 2.84. The van der Waals surface area contributed by atoms with E-state index in [1.54, 1.807) is 12.1 Å². The molecule has 0 atom stereocenters. The van der Waals surface area contributed by atoms with Gasteiger partial charge in [0.05, 0.1) is 18.0 Å². The van der Waals surface area contributed by atoms with Gasteiger partial charge in [-0.2, -0.15) is 4.68 Å². The molecule has 0 fully saturated rings. The molecule has 0 radical (unpaired) electrons. The maximum Gasteiger partial charge on any atom is 0.243 e. The predicted octanol–water partition coefficient (Wildman–Crippen LogP) is 1.35. The standard InChI is InChI=1S/C17H15FN6O3S/c18-11-1-3-12(4-2-11)20-15(26)9-19-16(27)10-28-17-21-22-23-24(17)13-5-7-14(25)8-6-13/h1-8,25H,9-10H2,(H,19,27)(H,20,26). The fourth-order valence-electron chi connectivity index (χ4n) is 2.12. The molecular formula is C17H15FN6O3S. The molecule has 144 valence electrons. The van der Waals surface area contributed by atoms with Crippen LogP contribution in [-0.4, -0.2) is 49.4 Å². The Balaban J connectivity index is 1.47. The van der Waals surface area contributed by atoms with Gasteiger partial charge in [-0.15, -0.1) is 5.10 Å². The number of benzene rings is 2. The van der Waals surface area contributed by atoms with Gasteiger partial charge in [0.25, 0.3) is 0 Å². The molecule has 0 aliphatic heterocycles. The number of nitrogens with zero attached hydrogens (tertiary/aromatic N) is 4. The van der Waals surface area contributed by atoms with Gasteiger partial charge in [-0.3, -0.25) is 9.59 Å². The Morgan fingerprint density at radius 1 is 1.07 bits per heavy atom. The second kappa shape index (κ2) is 8.95. The number of anilines is 1. The lowest BCUT2D eigenvalue weighted by Crippen LogP contribution is -2.33. The molecule has 0 unspecified atom stereocenters. The van der Waals surface area contributed by atoms with Crippen molar-refractivity contribution in [3.8, 4) is 11.4 Å². The Kier molecular flexibility index (Phi) is 6.17. The molecule has 28 heavy (non-hydrogen) atoms. The molecule has 2 aromatic carbocycles. The molecule has 3 N–H and O–H groups in total. The van der Waals surface area contributed by atoms with Crippen molar-refractivity contribution >= 4 is 29.3 Å². The summed E-state index contributed by atoms with van der Waals surface area (Å²) in [6.07, 6.45) is 0. The summed E-state index contributed by atoms with van der Waals surface area (Å²) in [4.78, 5) is 23.8. The van der Waals surface area contributed by atoms with E-state index < -0.39 is 11.7 Å². The van der Waals surface area contributed by atoms with Crippen molar-refractivity contribution in [1.29, 1.82) is 0 Å². The summed E-state index contributed by atoms with van der Waals surface area (Å²) in [5.74, 6) is -1.09. The largest absolute Gasteiger partial charge is 0.508 e. The smallest absolute Gasteiger partial charge is 0.243 e. The first kappa shape index (κ1) is 19.3. The van der Waals surface area contributed by atoms with Crippen LogP contribution in [0.5, 0.6) is 5.75 Å². The molecule has 0 saturated heterocycles. The minimum absolute atomic E-state index is 0.00227. The van der Waals surface area contributed by atoms with Gasteiger partial charge in [-0.1, -0.05) is 11.8 Å². The number of rotatable bonds is 7. The highest BCUT2D eigenvalue weighted by Gasteiger charge is 2.12. The zero-order chi connectivity index (χ0) is 19.9. The second-order valence-corrected chi connectivity index (χ2v) is 6.45. The van der Waals surface area contributed by atoms with E-state index in [0.717, 1.165) is 11.8 Å². The van der Waals surface area contributed by atoms with E-state index in [4.69, 9.17) is 0 Å². The summed E-state index contributed by atoms with van der Waals surface area (Å²) in [7, 11) is 0. The summed E-state index contributed by atoms with van der Waals surface area (Å²) >= 11 is 1.10. The molecule has 3 rings (SSSR count). The Bertz CT molecular complexity index is 962. The second-order valence-electron chi connectivity index (χ2n) is 5.51. The molecule has 1 heterocycles. The van der Waals surface area contributed by atoms with Crippen molar-refractivity contribution < 1.29 is 19.1 Å². The highest BCUT2D eigenvalue weighted by molar-refractivity contribution is 7.99. The number of aromatic nitrogens is 4. The number of halogens is 1. The van der Waals surface area contributed by atoms with Crippen LogP contribution in [0.3, 0.4) is 0 Å². The topological polar surface area (TPSA) is 122 Å². The number of tetrazole rings is 1. The third kappa shape index (κ3) is 5.27. The van der Waals surface area contributed by atoms with Crippen LogP contribution in [0.25, 0.3) is 5.69 Å². The van der Waals surface area contributed by atoms with Gasteiger partial charge in [-0.25, -0.2) is 4.39 Å². The predicted molar refractivity (Wildman–Crippen MR) is 99.6 cm³/mol. The number of aromatic hydroxyl groups is 1. The average Bonchev–Trinajstić information content (AvgIpc) is 3.16. The molecule has 9 nitrogen and oxygen atoms in total. The van der Waals surface area contributed by atoms with Crippen molar-refractivity contribution in [2.45, 2.75) is 5.16 Å². The number of hydrogen-bond donors (Lipinski definition) is 3. The van der Waals surface area contributed by atoms with Gasteiger partial charge in [0.15, 0.2) is 0 Å². The van der Waals surface area contributed by atoms with E-state index in [2.05, 4.69) is 26.2 Å². The van der Waals surface area contributed by atoms with Gasteiger partial charge in [0, 0.05) is 5.69 Å². The molecule has 0 saturated carbocycles. The quantitative estimate of drug-likeness (QED) is 0.510. The molecule has 0 aliphatic rings. The van der Waals surface area contributed by atoms with Crippen molar-refractivity contribution in [3.63, 3.8) is 0 Å². The first-order valence-corrected chi connectivity index (χ1v) is 9.02. The molecule has 2 amide bonds. The summed E-state index contributed by atoms with van der Waals surface area (Å²) < 4.78 is 14.3. The van der Waals surface area contributed by atoms with Crippen LogP contribution in [0, 0.1) is 5.82 Å². The Hall–Kier alpha value is -3.47. The molecular weight excluding hydrogens is 387 g/mol. The van der Waals surface area contributed by atoms with Gasteiger partial charge >= 0.3 is 0 Å². The molecule has 0 bridgehead atoms. The molecule has 11 heteroatoms. The van der Waals surface area contributed by atoms with Crippen LogP contribution in [0.1, 0.15) is 0 Å². The number of phenols is 1.